The van der Waals surface area contributed by atoms with Crippen LogP contribution in [0.2, 0.25) is 0 Å². The van der Waals surface area contributed by atoms with E-state index >= 15 is 0 Å². The van der Waals surface area contributed by atoms with Gasteiger partial charge >= 0.3 is 6.18 Å². The van der Waals surface area contributed by atoms with Crippen LogP contribution in [0.25, 0.3) is 0 Å². The lowest BCUT2D eigenvalue weighted by Gasteiger charge is -2.17. The molecule has 2 atom stereocenters. The normalized spacial score (nSPS) is 24.2. The molecule has 0 aliphatic heterocycles. The van der Waals surface area contributed by atoms with Gasteiger partial charge in [-0.1, -0.05) is 6.42 Å². The van der Waals surface area contributed by atoms with Gasteiger partial charge in [-0.05, 0) is 31.2 Å². The topological polar surface area (TPSA) is 64.3 Å². The van der Waals surface area contributed by atoms with Crippen molar-refractivity contribution in [3.8, 4) is 0 Å². The molecular weight excluding hydrogens is 249 g/mol. The molecule has 1 saturated carbocycles. The van der Waals surface area contributed by atoms with Gasteiger partial charge < -0.3 is 15.8 Å². The quantitative estimate of drug-likeness (QED) is 0.757. The van der Waals surface area contributed by atoms with Crippen molar-refractivity contribution < 1.29 is 22.7 Å². The maximum absolute atomic E-state index is 11.8. The minimum Gasteiger partial charge on any atom is -0.371 e. The molecule has 3 N–H and O–H groups in total. The highest BCUT2D eigenvalue weighted by Crippen LogP contribution is 2.30. The largest absolute Gasteiger partial charge is 0.405 e. The highest BCUT2D eigenvalue weighted by Gasteiger charge is 2.28. The number of carbonyl (C=O) groups excluding carboxylic acids is 1. The van der Waals surface area contributed by atoms with Crippen LogP contribution in [0.5, 0.6) is 0 Å². The molecule has 0 saturated heterocycles. The molecule has 0 aromatic heterocycles. The van der Waals surface area contributed by atoms with Crippen molar-refractivity contribution >= 4 is 5.91 Å². The molecule has 0 heterocycles. The van der Waals surface area contributed by atoms with Crippen LogP contribution in [0.4, 0.5) is 13.2 Å². The molecule has 4 nitrogen and oxygen atoms in total. The minimum absolute atomic E-state index is 0.324. The SMILES string of the molecule is NCC1CCCC1COCC(=O)NCC(F)(F)F. The molecule has 1 fully saturated rings. The second-order valence-corrected chi connectivity index (χ2v) is 4.59. The Morgan fingerprint density at radius 3 is 2.61 bits per heavy atom. The third-order valence-electron chi connectivity index (χ3n) is 3.17. The Morgan fingerprint density at radius 2 is 2.00 bits per heavy atom. The van der Waals surface area contributed by atoms with Gasteiger partial charge in [0, 0.05) is 0 Å². The first-order valence-corrected chi connectivity index (χ1v) is 6.03. The van der Waals surface area contributed by atoms with Gasteiger partial charge in [-0.3, -0.25) is 4.79 Å². The van der Waals surface area contributed by atoms with E-state index in [0.29, 0.717) is 25.0 Å². The molecule has 1 aliphatic rings. The monoisotopic (exact) mass is 268 g/mol. The fraction of sp³-hybridized carbons (Fsp3) is 0.909. The number of nitrogens with one attached hydrogen (secondary N) is 1. The Labute approximate surface area is 104 Å². The molecule has 0 aromatic rings. The van der Waals surface area contributed by atoms with Crippen LogP contribution in [0, 0.1) is 11.8 Å². The summed E-state index contributed by atoms with van der Waals surface area (Å²) in [5.74, 6) is -0.0109. The highest BCUT2D eigenvalue weighted by atomic mass is 19.4. The standard InChI is InChI=1S/C11H19F3N2O2/c12-11(13,14)7-16-10(17)6-18-5-9-3-1-2-8(9)4-15/h8-9H,1-7,15H2,(H,16,17). The number of rotatable bonds is 6. The fourth-order valence-corrected chi connectivity index (χ4v) is 2.20. The minimum atomic E-state index is -4.38. The van der Waals surface area contributed by atoms with Crippen LogP contribution in [-0.2, 0) is 9.53 Å². The van der Waals surface area contributed by atoms with Gasteiger partial charge in [-0.25, -0.2) is 0 Å². The van der Waals surface area contributed by atoms with E-state index < -0.39 is 18.6 Å². The molecule has 18 heavy (non-hydrogen) atoms. The van der Waals surface area contributed by atoms with Crippen molar-refractivity contribution in [2.45, 2.75) is 25.4 Å². The Balaban J connectivity index is 2.12. The van der Waals surface area contributed by atoms with Gasteiger partial charge in [0.15, 0.2) is 0 Å². The number of carbonyl (C=O) groups is 1. The predicted molar refractivity (Wildman–Crippen MR) is 59.8 cm³/mol. The molecular formula is C11H19F3N2O2. The number of hydrogen-bond donors (Lipinski definition) is 2. The highest BCUT2D eigenvalue weighted by molar-refractivity contribution is 5.77. The van der Waals surface area contributed by atoms with E-state index in [2.05, 4.69) is 0 Å². The van der Waals surface area contributed by atoms with Crippen LogP contribution >= 0.6 is 0 Å². The molecule has 1 rings (SSSR count). The van der Waals surface area contributed by atoms with Crippen molar-refractivity contribution in [3.63, 3.8) is 0 Å². The number of amides is 1. The summed E-state index contributed by atoms with van der Waals surface area (Å²) in [6, 6.07) is 0. The molecule has 0 aromatic carbocycles. The van der Waals surface area contributed by atoms with Crippen LogP contribution in [0.3, 0.4) is 0 Å². The average Bonchev–Trinajstić information content (AvgIpc) is 2.73. The zero-order valence-corrected chi connectivity index (χ0v) is 10.1. The molecule has 0 bridgehead atoms. The molecule has 0 spiro atoms. The van der Waals surface area contributed by atoms with Gasteiger partial charge in [0.25, 0.3) is 0 Å². The lowest BCUT2D eigenvalue weighted by molar-refractivity contribution is -0.141. The zero-order valence-electron chi connectivity index (χ0n) is 10.1. The van der Waals surface area contributed by atoms with Gasteiger partial charge in [0.2, 0.25) is 5.91 Å². The molecule has 106 valence electrons. The number of halogens is 3. The first-order valence-electron chi connectivity index (χ1n) is 6.03. The van der Waals surface area contributed by atoms with Gasteiger partial charge in [0.05, 0.1) is 6.61 Å². The Morgan fingerprint density at radius 1 is 1.33 bits per heavy atom. The van der Waals surface area contributed by atoms with Crippen LogP contribution in [0.1, 0.15) is 19.3 Å². The van der Waals surface area contributed by atoms with Crippen LogP contribution in [0.15, 0.2) is 0 Å². The summed E-state index contributed by atoms with van der Waals surface area (Å²) in [7, 11) is 0. The van der Waals surface area contributed by atoms with Crippen molar-refractivity contribution in [1.29, 1.82) is 0 Å². The second kappa shape index (κ2) is 6.94. The Kier molecular flexibility index (Phi) is 5.87. The predicted octanol–water partition coefficient (Wildman–Crippen LogP) is 1.06. The van der Waals surface area contributed by atoms with E-state index in [4.69, 9.17) is 10.5 Å². The van der Waals surface area contributed by atoms with Crippen LogP contribution in [-0.4, -0.2) is 38.4 Å². The number of alkyl halides is 3. The maximum Gasteiger partial charge on any atom is 0.405 e. The Hall–Kier alpha value is -0.820. The third kappa shape index (κ3) is 5.68. The van der Waals surface area contributed by atoms with E-state index in [-0.39, 0.29) is 6.61 Å². The first-order chi connectivity index (χ1) is 8.42. The summed E-state index contributed by atoms with van der Waals surface area (Å²) in [5, 5.41) is 1.76. The summed E-state index contributed by atoms with van der Waals surface area (Å²) in [5.41, 5.74) is 5.59. The fourth-order valence-electron chi connectivity index (χ4n) is 2.20. The van der Waals surface area contributed by atoms with E-state index in [1.54, 1.807) is 5.32 Å². The van der Waals surface area contributed by atoms with Crippen molar-refractivity contribution in [2.24, 2.45) is 17.6 Å². The molecule has 2 unspecified atom stereocenters. The summed E-state index contributed by atoms with van der Waals surface area (Å²) in [6.07, 6.45) is -1.22. The van der Waals surface area contributed by atoms with Crippen molar-refractivity contribution in [2.75, 3.05) is 26.3 Å². The van der Waals surface area contributed by atoms with Gasteiger partial charge in [-0.15, -0.1) is 0 Å². The van der Waals surface area contributed by atoms with Gasteiger partial charge in [-0.2, -0.15) is 13.2 Å². The summed E-state index contributed by atoms with van der Waals surface area (Å²) >= 11 is 0. The van der Waals surface area contributed by atoms with E-state index in [1.807, 2.05) is 0 Å². The van der Waals surface area contributed by atoms with Crippen molar-refractivity contribution in [1.82, 2.24) is 5.32 Å². The lowest BCUT2D eigenvalue weighted by atomic mass is 9.97. The van der Waals surface area contributed by atoms with E-state index in [1.165, 1.54) is 0 Å². The number of hydrogen-bond acceptors (Lipinski definition) is 3. The summed E-state index contributed by atoms with van der Waals surface area (Å²) in [6.45, 7) is -0.663. The molecule has 1 aliphatic carbocycles. The van der Waals surface area contributed by atoms with Crippen LogP contribution < -0.4 is 11.1 Å². The van der Waals surface area contributed by atoms with E-state index in [9.17, 15) is 18.0 Å². The number of ether oxygens (including phenoxy) is 1. The summed E-state index contributed by atoms with van der Waals surface area (Å²) in [4.78, 5) is 11.1. The van der Waals surface area contributed by atoms with E-state index in [0.717, 1.165) is 19.3 Å². The third-order valence-corrected chi connectivity index (χ3v) is 3.17. The van der Waals surface area contributed by atoms with Gasteiger partial charge in [0.1, 0.15) is 13.2 Å². The zero-order chi connectivity index (χ0) is 13.6. The Bertz CT molecular complexity index is 272. The smallest absolute Gasteiger partial charge is 0.371 e. The first kappa shape index (κ1) is 15.2. The lowest BCUT2D eigenvalue weighted by Crippen LogP contribution is -2.36. The summed E-state index contributed by atoms with van der Waals surface area (Å²) < 4.78 is 40.6. The molecule has 0 radical (unpaired) electrons. The maximum atomic E-state index is 11.8. The molecule has 1 amide bonds. The second-order valence-electron chi connectivity index (χ2n) is 4.59. The average molecular weight is 268 g/mol. The molecule has 7 heteroatoms. The van der Waals surface area contributed by atoms with Crippen molar-refractivity contribution in [3.05, 3.63) is 0 Å². The number of nitrogens with two attached hydrogens (primary N) is 1.